The summed E-state index contributed by atoms with van der Waals surface area (Å²) in [5, 5.41) is 6.55. The molecule has 3 rings (SSSR count). The summed E-state index contributed by atoms with van der Waals surface area (Å²) in [6.07, 6.45) is 6.09. The predicted molar refractivity (Wildman–Crippen MR) is 94.7 cm³/mol. The van der Waals surface area contributed by atoms with Crippen molar-refractivity contribution in [2.45, 2.75) is 45.6 Å². The number of nitrogens with one attached hydrogen (secondary N) is 2. The Morgan fingerprint density at radius 3 is 2.50 bits per heavy atom. The van der Waals surface area contributed by atoms with Gasteiger partial charge < -0.3 is 15.1 Å². The number of hydrogen-bond acceptors (Lipinski definition) is 4. The zero-order chi connectivity index (χ0) is 16.9. The monoisotopic (exact) mass is 327 g/mol. The van der Waals surface area contributed by atoms with Gasteiger partial charge in [-0.2, -0.15) is 0 Å². The standard InChI is InChI=1S/C19H25N3O2/c1-13-19(24-12-21-13)16-5-9-18(10-6-16)22-17-7-3-15(4-8-17)11-20-14(2)23/h5-6,9-10,12,15,17,22H,3-4,7-8,11H2,1-2H3,(H,20,23). The minimum atomic E-state index is 0.0670. The van der Waals surface area contributed by atoms with Crippen molar-refractivity contribution in [1.29, 1.82) is 0 Å². The van der Waals surface area contributed by atoms with E-state index < -0.39 is 0 Å². The van der Waals surface area contributed by atoms with Crippen LogP contribution >= 0.6 is 0 Å². The van der Waals surface area contributed by atoms with Crippen LogP contribution in [0.2, 0.25) is 0 Å². The lowest BCUT2D eigenvalue weighted by atomic mass is 9.86. The number of carbonyl (C=O) groups excluding carboxylic acids is 1. The van der Waals surface area contributed by atoms with E-state index in [1.807, 2.05) is 6.92 Å². The lowest BCUT2D eigenvalue weighted by Gasteiger charge is -2.29. The number of aromatic nitrogens is 1. The zero-order valence-corrected chi connectivity index (χ0v) is 14.3. The van der Waals surface area contributed by atoms with Crippen molar-refractivity contribution in [3.8, 4) is 11.3 Å². The molecule has 128 valence electrons. The van der Waals surface area contributed by atoms with Gasteiger partial charge in [-0.25, -0.2) is 4.98 Å². The van der Waals surface area contributed by atoms with E-state index in [-0.39, 0.29) is 5.91 Å². The second-order valence-corrected chi connectivity index (χ2v) is 6.64. The largest absolute Gasteiger partial charge is 0.443 e. The van der Waals surface area contributed by atoms with E-state index in [1.54, 1.807) is 6.92 Å². The molecule has 0 saturated heterocycles. The van der Waals surface area contributed by atoms with Gasteiger partial charge in [0, 0.05) is 30.8 Å². The van der Waals surface area contributed by atoms with Gasteiger partial charge in [-0.1, -0.05) is 0 Å². The van der Waals surface area contributed by atoms with Crippen molar-refractivity contribution in [1.82, 2.24) is 10.3 Å². The molecule has 1 saturated carbocycles. The van der Waals surface area contributed by atoms with Gasteiger partial charge in [-0.15, -0.1) is 0 Å². The van der Waals surface area contributed by atoms with Crippen LogP contribution in [0.25, 0.3) is 11.3 Å². The van der Waals surface area contributed by atoms with Gasteiger partial charge in [-0.05, 0) is 62.8 Å². The average Bonchev–Trinajstić information content (AvgIpc) is 3.01. The molecule has 2 aromatic rings. The van der Waals surface area contributed by atoms with Gasteiger partial charge in [0.2, 0.25) is 5.91 Å². The first-order chi connectivity index (χ1) is 11.6. The van der Waals surface area contributed by atoms with E-state index in [2.05, 4.69) is 39.9 Å². The maximum atomic E-state index is 11.0. The van der Waals surface area contributed by atoms with Gasteiger partial charge in [0.15, 0.2) is 12.2 Å². The molecule has 1 fully saturated rings. The minimum Gasteiger partial charge on any atom is -0.443 e. The molecule has 1 aromatic heterocycles. The number of benzene rings is 1. The number of nitrogens with zero attached hydrogens (tertiary/aromatic N) is 1. The molecule has 0 bridgehead atoms. The van der Waals surface area contributed by atoms with Gasteiger partial charge in [-0.3, -0.25) is 4.79 Å². The summed E-state index contributed by atoms with van der Waals surface area (Å²) in [6.45, 7) is 4.34. The summed E-state index contributed by atoms with van der Waals surface area (Å²) >= 11 is 0. The predicted octanol–water partition coefficient (Wildman–Crippen LogP) is 3.76. The number of oxazole rings is 1. The maximum Gasteiger partial charge on any atom is 0.216 e. The Hall–Kier alpha value is -2.30. The van der Waals surface area contributed by atoms with E-state index in [9.17, 15) is 4.79 Å². The molecule has 0 unspecified atom stereocenters. The van der Waals surface area contributed by atoms with Crippen LogP contribution in [0, 0.1) is 12.8 Å². The van der Waals surface area contributed by atoms with E-state index in [0.29, 0.717) is 12.0 Å². The molecule has 1 heterocycles. The van der Waals surface area contributed by atoms with Crippen LogP contribution in [-0.4, -0.2) is 23.5 Å². The third-order valence-corrected chi connectivity index (χ3v) is 4.75. The number of rotatable bonds is 5. The molecule has 0 atom stereocenters. The fourth-order valence-corrected chi connectivity index (χ4v) is 3.33. The number of hydrogen-bond donors (Lipinski definition) is 2. The smallest absolute Gasteiger partial charge is 0.216 e. The molecule has 1 aromatic carbocycles. The Kier molecular flexibility index (Phi) is 5.18. The highest BCUT2D eigenvalue weighted by Crippen LogP contribution is 2.28. The van der Waals surface area contributed by atoms with Crippen molar-refractivity contribution in [3.63, 3.8) is 0 Å². The average molecular weight is 327 g/mol. The first kappa shape index (κ1) is 16.6. The summed E-state index contributed by atoms with van der Waals surface area (Å²) in [5.74, 6) is 1.51. The number of anilines is 1. The van der Waals surface area contributed by atoms with Crippen LogP contribution in [0.5, 0.6) is 0 Å². The molecular weight excluding hydrogens is 302 g/mol. The molecule has 1 amide bonds. The Labute approximate surface area is 142 Å². The first-order valence-corrected chi connectivity index (χ1v) is 8.63. The van der Waals surface area contributed by atoms with Crippen LogP contribution in [-0.2, 0) is 4.79 Å². The summed E-state index contributed by atoms with van der Waals surface area (Å²) in [6, 6.07) is 8.84. The highest BCUT2D eigenvalue weighted by atomic mass is 16.3. The van der Waals surface area contributed by atoms with Crippen molar-refractivity contribution in [3.05, 3.63) is 36.4 Å². The fourth-order valence-electron chi connectivity index (χ4n) is 3.33. The molecule has 0 aliphatic heterocycles. The SMILES string of the molecule is CC(=O)NCC1CCC(Nc2ccc(-c3ocnc3C)cc2)CC1. The lowest BCUT2D eigenvalue weighted by molar-refractivity contribution is -0.119. The van der Waals surface area contributed by atoms with Crippen LogP contribution in [0.4, 0.5) is 5.69 Å². The summed E-state index contributed by atoms with van der Waals surface area (Å²) in [5.41, 5.74) is 3.10. The minimum absolute atomic E-state index is 0.0670. The van der Waals surface area contributed by atoms with Crippen LogP contribution in [0.15, 0.2) is 35.1 Å². The van der Waals surface area contributed by atoms with Gasteiger partial charge >= 0.3 is 0 Å². The Morgan fingerprint density at radius 1 is 1.21 bits per heavy atom. The maximum absolute atomic E-state index is 11.0. The van der Waals surface area contributed by atoms with E-state index >= 15 is 0 Å². The molecule has 1 aliphatic rings. The highest BCUT2D eigenvalue weighted by molar-refractivity contribution is 5.72. The zero-order valence-electron chi connectivity index (χ0n) is 14.3. The quantitative estimate of drug-likeness (QED) is 0.877. The van der Waals surface area contributed by atoms with Gasteiger partial charge in [0.25, 0.3) is 0 Å². The Morgan fingerprint density at radius 2 is 1.92 bits per heavy atom. The van der Waals surface area contributed by atoms with Gasteiger partial charge in [0.05, 0.1) is 5.69 Å². The molecule has 5 heteroatoms. The normalized spacial score (nSPS) is 20.6. The second kappa shape index (κ2) is 7.51. The Bertz CT molecular complexity index is 670. The number of aryl methyl sites for hydroxylation is 1. The van der Waals surface area contributed by atoms with Crippen molar-refractivity contribution < 1.29 is 9.21 Å². The number of carbonyl (C=O) groups is 1. The van der Waals surface area contributed by atoms with Crippen molar-refractivity contribution >= 4 is 11.6 Å². The second-order valence-electron chi connectivity index (χ2n) is 6.64. The van der Waals surface area contributed by atoms with Crippen LogP contribution < -0.4 is 10.6 Å². The van der Waals surface area contributed by atoms with Crippen LogP contribution in [0.1, 0.15) is 38.3 Å². The molecule has 1 aliphatic carbocycles. The number of amides is 1. The summed E-state index contributed by atoms with van der Waals surface area (Å²) in [7, 11) is 0. The lowest BCUT2D eigenvalue weighted by Crippen LogP contribution is -2.32. The van der Waals surface area contributed by atoms with Gasteiger partial charge in [0.1, 0.15) is 0 Å². The summed E-state index contributed by atoms with van der Waals surface area (Å²) < 4.78 is 5.43. The first-order valence-electron chi connectivity index (χ1n) is 8.63. The summed E-state index contributed by atoms with van der Waals surface area (Å²) in [4.78, 5) is 15.1. The fraction of sp³-hybridized carbons (Fsp3) is 0.474. The third kappa shape index (κ3) is 4.16. The van der Waals surface area contributed by atoms with E-state index in [0.717, 1.165) is 54.9 Å². The third-order valence-electron chi connectivity index (χ3n) is 4.75. The van der Waals surface area contributed by atoms with E-state index in [4.69, 9.17) is 4.42 Å². The Balaban J connectivity index is 1.50. The molecule has 0 radical (unpaired) electrons. The molecule has 24 heavy (non-hydrogen) atoms. The molecule has 0 spiro atoms. The highest BCUT2D eigenvalue weighted by Gasteiger charge is 2.21. The van der Waals surface area contributed by atoms with Crippen molar-refractivity contribution in [2.24, 2.45) is 5.92 Å². The topological polar surface area (TPSA) is 67.2 Å². The van der Waals surface area contributed by atoms with E-state index in [1.165, 1.54) is 6.39 Å². The van der Waals surface area contributed by atoms with Crippen LogP contribution in [0.3, 0.4) is 0 Å². The molecular formula is C19H25N3O2. The van der Waals surface area contributed by atoms with Crippen molar-refractivity contribution in [2.75, 3.05) is 11.9 Å². The molecule has 2 N–H and O–H groups in total. The molecule has 5 nitrogen and oxygen atoms in total.